The zero-order chi connectivity index (χ0) is 14.5. The number of benzene rings is 1. The third-order valence-corrected chi connectivity index (χ3v) is 5.22. The van der Waals surface area contributed by atoms with E-state index in [1.54, 1.807) is 0 Å². The molecule has 3 heteroatoms. The third kappa shape index (κ3) is 3.94. The number of aryl methyl sites for hydroxylation is 1. The highest BCUT2D eigenvalue weighted by Crippen LogP contribution is 2.28. The monoisotopic (exact) mass is 300 g/mol. The molecule has 0 radical (unpaired) electrons. The van der Waals surface area contributed by atoms with Crippen LogP contribution in [0.4, 0.5) is 0 Å². The molecule has 2 nitrogen and oxygen atoms in total. The van der Waals surface area contributed by atoms with E-state index in [9.17, 15) is 0 Å². The van der Waals surface area contributed by atoms with Crippen molar-refractivity contribution in [2.24, 2.45) is 0 Å². The molecular formula is C18H24N2S. The number of rotatable bonds is 5. The highest BCUT2D eigenvalue weighted by atomic mass is 32.1. The summed E-state index contributed by atoms with van der Waals surface area (Å²) in [5, 5.41) is 2.16. The van der Waals surface area contributed by atoms with Gasteiger partial charge in [0, 0.05) is 31.1 Å². The van der Waals surface area contributed by atoms with E-state index in [-0.39, 0.29) is 0 Å². The van der Waals surface area contributed by atoms with Crippen molar-refractivity contribution in [1.82, 2.24) is 9.80 Å². The minimum Gasteiger partial charge on any atom is -0.304 e. The summed E-state index contributed by atoms with van der Waals surface area (Å²) in [6.45, 7) is 6.11. The lowest BCUT2D eigenvalue weighted by Gasteiger charge is -2.32. The SMILES string of the molecule is CN1CCN(CCCc2ccccc2-c2cccs2)CC1. The van der Waals surface area contributed by atoms with Gasteiger partial charge in [-0.25, -0.2) is 0 Å². The molecule has 0 saturated carbocycles. The molecule has 0 aliphatic carbocycles. The Morgan fingerprint density at radius 1 is 1.00 bits per heavy atom. The first-order chi connectivity index (χ1) is 10.3. The van der Waals surface area contributed by atoms with Crippen molar-refractivity contribution in [2.45, 2.75) is 12.8 Å². The van der Waals surface area contributed by atoms with Gasteiger partial charge in [0.15, 0.2) is 0 Å². The van der Waals surface area contributed by atoms with Gasteiger partial charge in [0.1, 0.15) is 0 Å². The predicted octanol–water partition coefficient (Wildman–Crippen LogP) is 3.60. The number of nitrogens with zero attached hydrogens (tertiary/aromatic N) is 2. The summed E-state index contributed by atoms with van der Waals surface area (Å²) in [4.78, 5) is 6.42. The van der Waals surface area contributed by atoms with Crippen LogP contribution in [-0.2, 0) is 6.42 Å². The second-order valence-corrected chi connectivity index (χ2v) is 6.83. The lowest BCUT2D eigenvalue weighted by Crippen LogP contribution is -2.44. The molecular weight excluding hydrogens is 276 g/mol. The zero-order valence-electron chi connectivity index (χ0n) is 12.8. The molecule has 112 valence electrons. The van der Waals surface area contributed by atoms with Crippen molar-refractivity contribution >= 4 is 11.3 Å². The molecule has 2 heterocycles. The van der Waals surface area contributed by atoms with Gasteiger partial charge in [-0.15, -0.1) is 11.3 Å². The molecule has 1 aromatic heterocycles. The van der Waals surface area contributed by atoms with Gasteiger partial charge in [-0.1, -0.05) is 30.3 Å². The van der Waals surface area contributed by atoms with Gasteiger partial charge in [0.25, 0.3) is 0 Å². The van der Waals surface area contributed by atoms with Crippen molar-refractivity contribution in [2.75, 3.05) is 39.8 Å². The molecule has 2 aromatic rings. The summed E-state index contributed by atoms with van der Waals surface area (Å²) in [6.07, 6.45) is 2.44. The van der Waals surface area contributed by atoms with E-state index in [2.05, 4.69) is 58.6 Å². The highest BCUT2D eigenvalue weighted by molar-refractivity contribution is 7.13. The Kier molecular flexibility index (Phi) is 5.07. The van der Waals surface area contributed by atoms with Gasteiger partial charge in [-0.3, -0.25) is 0 Å². The van der Waals surface area contributed by atoms with Crippen molar-refractivity contribution in [3.8, 4) is 10.4 Å². The second-order valence-electron chi connectivity index (χ2n) is 5.88. The van der Waals surface area contributed by atoms with E-state index >= 15 is 0 Å². The van der Waals surface area contributed by atoms with Gasteiger partial charge in [-0.05, 0) is 49.0 Å². The van der Waals surface area contributed by atoms with Crippen molar-refractivity contribution in [1.29, 1.82) is 0 Å². The van der Waals surface area contributed by atoms with E-state index in [4.69, 9.17) is 0 Å². The molecule has 0 spiro atoms. The molecule has 0 bridgehead atoms. The topological polar surface area (TPSA) is 6.48 Å². The first-order valence-corrected chi connectivity index (χ1v) is 8.73. The molecule has 3 rings (SSSR count). The molecule has 1 aromatic carbocycles. The predicted molar refractivity (Wildman–Crippen MR) is 92.0 cm³/mol. The Balaban J connectivity index is 1.56. The fourth-order valence-corrected chi connectivity index (χ4v) is 3.76. The van der Waals surface area contributed by atoms with Crippen molar-refractivity contribution in [3.05, 3.63) is 47.3 Å². The number of hydrogen-bond donors (Lipinski definition) is 0. The first kappa shape index (κ1) is 14.8. The molecule has 1 fully saturated rings. The van der Waals surface area contributed by atoms with Crippen LogP contribution in [0.5, 0.6) is 0 Å². The second kappa shape index (κ2) is 7.21. The zero-order valence-corrected chi connectivity index (χ0v) is 13.6. The Hall–Kier alpha value is -1.16. The van der Waals surface area contributed by atoms with Crippen LogP contribution >= 0.6 is 11.3 Å². The van der Waals surface area contributed by atoms with E-state index < -0.39 is 0 Å². The van der Waals surface area contributed by atoms with Crippen LogP contribution in [0.15, 0.2) is 41.8 Å². The van der Waals surface area contributed by atoms with Crippen LogP contribution in [0.25, 0.3) is 10.4 Å². The van der Waals surface area contributed by atoms with Crippen LogP contribution in [0.2, 0.25) is 0 Å². The maximum Gasteiger partial charge on any atom is 0.0345 e. The minimum atomic E-state index is 1.18. The number of thiophene rings is 1. The van der Waals surface area contributed by atoms with Crippen LogP contribution in [0.1, 0.15) is 12.0 Å². The summed E-state index contributed by atoms with van der Waals surface area (Å²) in [5.41, 5.74) is 2.92. The maximum atomic E-state index is 2.60. The maximum absolute atomic E-state index is 2.60. The fourth-order valence-electron chi connectivity index (χ4n) is 2.98. The standard InChI is InChI=1S/C18H24N2S/c1-19-11-13-20(14-12-19)10-4-7-16-6-2-3-8-17(16)18-9-5-15-21-18/h2-3,5-6,8-9,15H,4,7,10-14H2,1H3. The largest absolute Gasteiger partial charge is 0.304 e. The van der Waals surface area contributed by atoms with E-state index in [0.29, 0.717) is 0 Å². The van der Waals surface area contributed by atoms with Gasteiger partial charge in [0.05, 0.1) is 0 Å². The molecule has 0 unspecified atom stereocenters. The minimum absolute atomic E-state index is 1.18. The Bertz CT molecular complexity index is 542. The molecule has 1 aliphatic rings. The summed E-state index contributed by atoms with van der Waals surface area (Å²) in [5.74, 6) is 0. The number of piperazine rings is 1. The van der Waals surface area contributed by atoms with Crippen LogP contribution in [0, 0.1) is 0 Å². The lowest BCUT2D eigenvalue weighted by atomic mass is 10.0. The van der Waals surface area contributed by atoms with Gasteiger partial charge in [0.2, 0.25) is 0 Å². The molecule has 1 saturated heterocycles. The van der Waals surface area contributed by atoms with E-state index in [0.717, 1.165) is 0 Å². The normalized spacial score (nSPS) is 17.2. The number of likely N-dealkylation sites (N-methyl/N-ethyl adjacent to an activating group) is 1. The average Bonchev–Trinajstić information content (AvgIpc) is 3.04. The van der Waals surface area contributed by atoms with Crippen LogP contribution in [-0.4, -0.2) is 49.6 Å². The van der Waals surface area contributed by atoms with E-state index in [1.807, 2.05) is 11.3 Å². The Morgan fingerprint density at radius 3 is 2.57 bits per heavy atom. The van der Waals surface area contributed by atoms with Crippen molar-refractivity contribution in [3.63, 3.8) is 0 Å². The molecule has 0 N–H and O–H groups in total. The highest BCUT2D eigenvalue weighted by Gasteiger charge is 2.13. The first-order valence-electron chi connectivity index (χ1n) is 7.85. The molecule has 1 aliphatic heterocycles. The average molecular weight is 300 g/mol. The fraction of sp³-hybridized carbons (Fsp3) is 0.444. The summed E-state index contributed by atoms with van der Waals surface area (Å²) >= 11 is 1.84. The summed E-state index contributed by atoms with van der Waals surface area (Å²) in [6, 6.07) is 13.2. The molecule has 0 amide bonds. The Morgan fingerprint density at radius 2 is 1.81 bits per heavy atom. The van der Waals surface area contributed by atoms with Gasteiger partial charge >= 0.3 is 0 Å². The van der Waals surface area contributed by atoms with Crippen molar-refractivity contribution < 1.29 is 0 Å². The summed E-state index contributed by atoms with van der Waals surface area (Å²) < 4.78 is 0. The number of hydrogen-bond acceptors (Lipinski definition) is 3. The third-order valence-electron chi connectivity index (χ3n) is 4.32. The lowest BCUT2D eigenvalue weighted by molar-refractivity contribution is 0.153. The Labute approximate surface area is 132 Å². The van der Waals surface area contributed by atoms with Crippen LogP contribution < -0.4 is 0 Å². The van der Waals surface area contributed by atoms with Gasteiger partial charge in [-0.2, -0.15) is 0 Å². The summed E-state index contributed by atoms with van der Waals surface area (Å²) in [7, 11) is 2.22. The van der Waals surface area contributed by atoms with Gasteiger partial charge < -0.3 is 9.80 Å². The van der Waals surface area contributed by atoms with E-state index in [1.165, 1.54) is 61.6 Å². The van der Waals surface area contributed by atoms with Crippen LogP contribution in [0.3, 0.4) is 0 Å². The molecule has 0 atom stereocenters. The smallest absolute Gasteiger partial charge is 0.0345 e. The quantitative estimate of drug-likeness (QED) is 0.832. The molecule has 21 heavy (non-hydrogen) atoms.